The molecule has 8 heteroatoms. The van der Waals surface area contributed by atoms with Crippen molar-refractivity contribution < 1.29 is 24.9 Å². The van der Waals surface area contributed by atoms with Crippen molar-refractivity contribution in [1.82, 2.24) is 10.6 Å². The van der Waals surface area contributed by atoms with Crippen LogP contribution in [0.4, 0.5) is 4.79 Å². The van der Waals surface area contributed by atoms with Crippen LogP contribution >= 0.6 is 11.8 Å². The minimum absolute atomic E-state index is 0.0640. The molecule has 4 fully saturated rings. The van der Waals surface area contributed by atoms with Crippen LogP contribution < -0.4 is 10.6 Å². The Morgan fingerprint density at radius 2 is 2.00 bits per heavy atom. The van der Waals surface area contributed by atoms with Gasteiger partial charge < -0.3 is 26.0 Å². The Kier molecular flexibility index (Phi) is 7.46. The zero-order valence-corrected chi connectivity index (χ0v) is 21.9. The molecule has 5 N–H and O–H groups in total. The average molecular weight is 517 g/mol. The summed E-state index contributed by atoms with van der Waals surface area (Å²) in [7, 11) is 0. The number of rotatable bonds is 5. The number of hydrogen-bond acceptors (Lipinski definition) is 5. The lowest BCUT2D eigenvalue weighted by Crippen LogP contribution is -2.43. The van der Waals surface area contributed by atoms with Crippen molar-refractivity contribution in [2.75, 3.05) is 5.75 Å². The number of carboxylic acids is 1. The normalized spacial score (nSPS) is 37.9. The molecule has 2 saturated heterocycles. The third-order valence-corrected chi connectivity index (χ3v) is 11.2. The summed E-state index contributed by atoms with van der Waals surface area (Å²) in [4.78, 5) is 21.5. The Bertz CT molecular complexity index is 989. The Labute approximate surface area is 217 Å². The summed E-state index contributed by atoms with van der Waals surface area (Å²) in [6, 6.07) is 6.40. The van der Waals surface area contributed by atoms with Gasteiger partial charge in [-0.15, -0.1) is 0 Å². The van der Waals surface area contributed by atoms with Gasteiger partial charge in [0, 0.05) is 17.4 Å². The molecule has 0 radical (unpaired) electrons. The maximum absolute atomic E-state index is 11.1. The molecule has 1 aromatic rings. The van der Waals surface area contributed by atoms with Crippen molar-refractivity contribution in [2.24, 2.45) is 17.3 Å². The monoisotopic (exact) mass is 516 g/mol. The molecule has 2 amide bonds. The molecule has 3 aliphatic carbocycles. The number of fused-ring (bicyclic) bond motifs is 6. The number of unbranched alkanes of at least 4 members (excludes halogenated alkanes) is 1. The van der Waals surface area contributed by atoms with Gasteiger partial charge in [0.05, 0.1) is 18.2 Å². The van der Waals surface area contributed by atoms with Crippen LogP contribution in [0.2, 0.25) is 0 Å². The summed E-state index contributed by atoms with van der Waals surface area (Å²) in [5.41, 5.74) is 2.99. The number of aliphatic carboxylic acids is 1. The molecule has 6 rings (SSSR count). The van der Waals surface area contributed by atoms with Gasteiger partial charge in [-0.05, 0) is 97.8 Å². The highest BCUT2D eigenvalue weighted by molar-refractivity contribution is 8.00. The van der Waals surface area contributed by atoms with Gasteiger partial charge in [-0.2, -0.15) is 11.8 Å². The number of phenolic OH excluding ortho intramolecular Hbond substituents is 1. The van der Waals surface area contributed by atoms with Gasteiger partial charge in [-0.3, -0.25) is 4.79 Å². The molecule has 2 aliphatic heterocycles. The molecule has 1 unspecified atom stereocenters. The molecular weight excluding hydrogens is 476 g/mol. The van der Waals surface area contributed by atoms with Crippen molar-refractivity contribution in [3.05, 3.63) is 29.3 Å². The number of aryl methyl sites for hydroxylation is 1. The van der Waals surface area contributed by atoms with Crippen molar-refractivity contribution in [2.45, 2.75) is 100 Å². The minimum Gasteiger partial charge on any atom is -0.508 e. The lowest BCUT2D eigenvalue weighted by atomic mass is 9.55. The summed E-state index contributed by atoms with van der Waals surface area (Å²) in [5.74, 6) is 2.73. The molecular formula is C28H40N2O5S. The first-order valence-corrected chi connectivity index (χ1v) is 14.7. The molecule has 198 valence electrons. The quantitative estimate of drug-likeness (QED) is 0.292. The second-order valence-electron chi connectivity index (χ2n) is 11.7. The fraction of sp³-hybridized carbons (Fsp3) is 0.714. The maximum atomic E-state index is 11.1. The Balaban J connectivity index is 0.000000152. The van der Waals surface area contributed by atoms with Gasteiger partial charge in [-0.25, -0.2) is 4.79 Å². The third-order valence-electron chi connectivity index (χ3n) is 9.73. The Hall–Kier alpha value is -1.93. The number of thioether (sulfide) groups is 1. The topological polar surface area (TPSA) is 119 Å². The lowest BCUT2D eigenvalue weighted by Gasteiger charge is -2.50. The molecule has 0 aromatic heterocycles. The number of aliphatic hydroxyl groups excluding tert-OH is 1. The number of amides is 2. The van der Waals surface area contributed by atoms with Crippen LogP contribution in [0.25, 0.3) is 0 Å². The van der Waals surface area contributed by atoms with E-state index in [0.29, 0.717) is 22.8 Å². The predicted octanol–water partition coefficient (Wildman–Crippen LogP) is 4.41. The number of aromatic hydroxyl groups is 1. The second kappa shape index (κ2) is 10.4. The molecule has 2 heterocycles. The number of benzene rings is 1. The summed E-state index contributed by atoms with van der Waals surface area (Å²) >= 11 is 1.87. The molecule has 0 bridgehead atoms. The molecule has 1 aromatic carbocycles. The van der Waals surface area contributed by atoms with Crippen molar-refractivity contribution >= 4 is 23.8 Å². The number of carboxylic acid groups (broad SMARTS) is 1. The Morgan fingerprint density at radius 1 is 1.17 bits per heavy atom. The van der Waals surface area contributed by atoms with E-state index in [0.717, 1.165) is 50.2 Å². The van der Waals surface area contributed by atoms with Crippen molar-refractivity contribution in [1.29, 1.82) is 0 Å². The van der Waals surface area contributed by atoms with Gasteiger partial charge in [0.2, 0.25) is 0 Å². The lowest BCUT2D eigenvalue weighted by molar-refractivity contribution is -0.137. The van der Waals surface area contributed by atoms with E-state index < -0.39 is 5.97 Å². The van der Waals surface area contributed by atoms with E-state index in [9.17, 15) is 19.8 Å². The molecule has 0 spiro atoms. The predicted molar refractivity (Wildman–Crippen MR) is 140 cm³/mol. The molecule has 2 saturated carbocycles. The van der Waals surface area contributed by atoms with E-state index in [-0.39, 0.29) is 36.1 Å². The highest BCUT2D eigenvalue weighted by Gasteiger charge is 2.54. The van der Waals surface area contributed by atoms with E-state index in [1.165, 1.54) is 30.4 Å². The van der Waals surface area contributed by atoms with E-state index in [1.807, 2.05) is 23.9 Å². The number of aliphatic hydroxyl groups is 1. The molecule has 5 aliphatic rings. The average Bonchev–Trinajstić information content (AvgIpc) is 3.49. The van der Waals surface area contributed by atoms with Gasteiger partial charge in [0.25, 0.3) is 0 Å². The first-order valence-electron chi connectivity index (χ1n) is 13.7. The summed E-state index contributed by atoms with van der Waals surface area (Å²) in [6.07, 6.45) is 9.66. The van der Waals surface area contributed by atoms with Crippen LogP contribution in [-0.2, 0) is 11.2 Å². The van der Waals surface area contributed by atoms with Gasteiger partial charge in [0.1, 0.15) is 5.75 Å². The van der Waals surface area contributed by atoms with E-state index in [1.54, 1.807) is 0 Å². The minimum atomic E-state index is -0.729. The van der Waals surface area contributed by atoms with Crippen LogP contribution in [0.15, 0.2) is 18.2 Å². The highest BCUT2D eigenvalue weighted by atomic mass is 32.2. The smallest absolute Gasteiger partial charge is 0.315 e. The van der Waals surface area contributed by atoms with Gasteiger partial charge in [0.15, 0.2) is 0 Å². The van der Waals surface area contributed by atoms with E-state index in [4.69, 9.17) is 5.11 Å². The van der Waals surface area contributed by atoms with Crippen LogP contribution in [0, 0.1) is 17.3 Å². The number of phenols is 1. The third kappa shape index (κ3) is 4.95. The van der Waals surface area contributed by atoms with E-state index >= 15 is 0 Å². The van der Waals surface area contributed by atoms with Crippen LogP contribution in [-0.4, -0.2) is 56.5 Å². The maximum Gasteiger partial charge on any atom is 0.315 e. The fourth-order valence-corrected chi connectivity index (χ4v) is 9.35. The van der Waals surface area contributed by atoms with Crippen molar-refractivity contribution in [3.8, 4) is 5.75 Å². The van der Waals surface area contributed by atoms with Gasteiger partial charge in [-0.1, -0.05) is 19.4 Å². The van der Waals surface area contributed by atoms with Crippen LogP contribution in [0.3, 0.4) is 0 Å². The first-order chi connectivity index (χ1) is 17.3. The number of nitrogens with one attached hydrogen (secondary N) is 2. The Morgan fingerprint density at radius 3 is 2.81 bits per heavy atom. The van der Waals surface area contributed by atoms with Crippen LogP contribution in [0.1, 0.15) is 81.8 Å². The molecule has 8 atom stereocenters. The largest absolute Gasteiger partial charge is 0.508 e. The SMILES string of the molecule is C[C@]12CC[C@@H]3c4ccc(O)cc4CC[C@H]3[C@@H]1CCC2O.O=C(O)CCCC[C@@H]1SC[C@@H]2NC(=O)N[C@@H]21. The molecule has 36 heavy (non-hydrogen) atoms. The second-order valence-corrected chi connectivity index (χ2v) is 13.0. The van der Waals surface area contributed by atoms with Crippen LogP contribution in [0.5, 0.6) is 5.75 Å². The highest BCUT2D eigenvalue weighted by Crippen LogP contribution is 2.60. The van der Waals surface area contributed by atoms with Crippen molar-refractivity contribution in [3.63, 3.8) is 0 Å². The number of carbonyl (C=O) groups is 2. The summed E-state index contributed by atoms with van der Waals surface area (Å²) < 4.78 is 0. The standard InChI is InChI=1S/C18H24O2.C10H16N2O3S/c1-18-9-8-14-13-5-3-12(19)10-11(13)2-4-15(14)16(18)6-7-17(18)20;13-8(14)4-2-1-3-7-9-6(5-16-7)11-10(15)12-9/h3,5,10,14-17,19-20H,2,4,6-9H2,1H3;6-7,9H,1-5H2,(H,13,14)(H2,11,12,15)/t14-,15-,16+,17?,18+;6-,7-,9-/m10/s1. The number of carbonyl (C=O) groups excluding carboxylic acids is 1. The molecule has 7 nitrogen and oxygen atoms in total. The first kappa shape index (κ1) is 25.7. The number of urea groups is 1. The zero-order valence-electron chi connectivity index (χ0n) is 21.1. The van der Waals surface area contributed by atoms with Gasteiger partial charge >= 0.3 is 12.0 Å². The summed E-state index contributed by atoms with van der Waals surface area (Å²) in [5, 5.41) is 34.8. The summed E-state index contributed by atoms with van der Waals surface area (Å²) in [6.45, 7) is 2.32. The number of hydrogen-bond donors (Lipinski definition) is 5. The fourth-order valence-electron chi connectivity index (χ4n) is 7.81. The zero-order chi connectivity index (χ0) is 25.4. The van der Waals surface area contributed by atoms with E-state index in [2.05, 4.69) is 23.6 Å².